The zero-order valence-electron chi connectivity index (χ0n) is 17.7. The average Bonchev–Trinajstić information content (AvgIpc) is 2.98. The first kappa shape index (κ1) is 21.9. The Labute approximate surface area is 184 Å². The summed E-state index contributed by atoms with van der Waals surface area (Å²) in [6.45, 7) is 2.72. The molecule has 32 heavy (non-hydrogen) atoms. The van der Waals surface area contributed by atoms with Crippen LogP contribution in [0.2, 0.25) is 0 Å². The van der Waals surface area contributed by atoms with Crippen LogP contribution in [0.1, 0.15) is 30.9 Å². The SMILES string of the molecule is C[C@@]1(C2CCN(C(=O)Cc3cc(F)cc(F)c3)CC2)NC(=O)N(Cc2ccncc2)C1=O. The van der Waals surface area contributed by atoms with Gasteiger partial charge in [0.15, 0.2) is 0 Å². The van der Waals surface area contributed by atoms with Gasteiger partial charge in [-0.05, 0) is 61.1 Å². The van der Waals surface area contributed by atoms with Gasteiger partial charge in [0.1, 0.15) is 17.2 Å². The summed E-state index contributed by atoms with van der Waals surface area (Å²) in [6.07, 6.45) is 4.20. The molecule has 4 rings (SSSR count). The zero-order valence-corrected chi connectivity index (χ0v) is 17.7. The minimum absolute atomic E-state index is 0.0913. The predicted molar refractivity (Wildman–Crippen MR) is 111 cm³/mol. The van der Waals surface area contributed by atoms with Gasteiger partial charge >= 0.3 is 6.03 Å². The van der Waals surface area contributed by atoms with Crippen LogP contribution < -0.4 is 5.32 Å². The molecule has 0 radical (unpaired) electrons. The molecular weight excluding hydrogens is 418 g/mol. The van der Waals surface area contributed by atoms with Gasteiger partial charge in [-0.2, -0.15) is 0 Å². The fraction of sp³-hybridized carbons (Fsp3) is 0.391. The molecule has 0 bridgehead atoms. The number of benzene rings is 1. The van der Waals surface area contributed by atoms with Crippen LogP contribution in [-0.2, 0) is 22.6 Å². The number of piperidine rings is 1. The highest BCUT2D eigenvalue weighted by Crippen LogP contribution is 2.34. The molecule has 7 nitrogen and oxygen atoms in total. The van der Waals surface area contributed by atoms with E-state index in [1.807, 2.05) is 0 Å². The first-order chi connectivity index (χ1) is 15.3. The van der Waals surface area contributed by atoms with Gasteiger partial charge in [-0.25, -0.2) is 13.6 Å². The van der Waals surface area contributed by atoms with Gasteiger partial charge in [-0.1, -0.05) is 0 Å². The lowest BCUT2D eigenvalue weighted by Gasteiger charge is -2.39. The Balaban J connectivity index is 1.37. The topological polar surface area (TPSA) is 82.6 Å². The number of nitrogens with one attached hydrogen (secondary N) is 1. The lowest BCUT2D eigenvalue weighted by Crippen LogP contribution is -2.54. The van der Waals surface area contributed by atoms with E-state index in [-0.39, 0.29) is 36.3 Å². The van der Waals surface area contributed by atoms with Gasteiger partial charge in [-0.3, -0.25) is 19.5 Å². The molecule has 0 aliphatic carbocycles. The lowest BCUT2D eigenvalue weighted by atomic mass is 9.78. The number of halogens is 2. The van der Waals surface area contributed by atoms with Gasteiger partial charge in [0.2, 0.25) is 5.91 Å². The van der Waals surface area contributed by atoms with E-state index in [0.29, 0.717) is 25.9 Å². The molecule has 0 saturated carbocycles. The van der Waals surface area contributed by atoms with E-state index < -0.39 is 23.2 Å². The maximum Gasteiger partial charge on any atom is 0.325 e. The first-order valence-corrected chi connectivity index (χ1v) is 10.5. The normalized spacial score (nSPS) is 21.7. The smallest absolute Gasteiger partial charge is 0.325 e. The highest BCUT2D eigenvalue weighted by Gasteiger charge is 2.52. The highest BCUT2D eigenvalue weighted by molar-refractivity contribution is 6.07. The molecule has 168 valence electrons. The first-order valence-electron chi connectivity index (χ1n) is 10.5. The standard InChI is InChI=1S/C23H24F2N4O3/c1-23(21(31)29(22(32)27-23)14-15-2-6-26-7-3-15)17-4-8-28(9-5-17)20(30)12-16-10-18(24)13-19(25)11-16/h2-3,6-7,10-11,13,17H,4-5,8-9,12,14H2,1H3,(H,27,32)/t23-/m0/s1. The average molecular weight is 442 g/mol. The third-order valence-corrected chi connectivity index (χ3v) is 6.33. The molecule has 2 aromatic rings. The number of carbonyl (C=O) groups excluding carboxylic acids is 3. The molecule has 2 aliphatic rings. The van der Waals surface area contributed by atoms with Gasteiger partial charge < -0.3 is 10.2 Å². The molecule has 0 spiro atoms. The molecule has 1 aromatic carbocycles. The van der Waals surface area contributed by atoms with Crippen molar-refractivity contribution in [2.75, 3.05) is 13.1 Å². The molecule has 4 amide bonds. The van der Waals surface area contributed by atoms with Crippen LogP contribution in [0, 0.1) is 17.6 Å². The maximum absolute atomic E-state index is 13.4. The number of hydrogen-bond acceptors (Lipinski definition) is 4. The summed E-state index contributed by atoms with van der Waals surface area (Å²) >= 11 is 0. The number of nitrogens with zero attached hydrogens (tertiary/aromatic N) is 3. The monoisotopic (exact) mass is 442 g/mol. The molecule has 0 unspecified atom stereocenters. The minimum atomic E-state index is -1.04. The molecule has 2 saturated heterocycles. The van der Waals surface area contributed by atoms with Crippen LogP contribution in [0.15, 0.2) is 42.7 Å². The second kappa shape index (κ2) is 8.64. The number of likely N-dealkylation sites (tertiary alicyclic amines) is 1. The van der Waals surface area contributed by atoms with Crippen LogP contribution in [-0.4, -0.2) is 51.3 Å². The van der Waals surface area contributed by atoms with Crippen molar-refractivity contribution in [3.8, 4) is 0 Å². The third kappa shape index (κ3) is 4.32. The second-order valence-corrected chi connectivity index (χ2v) is 8.49. The number of hydrogen-bond donors (Lipinski definition) is 1. The summed E-state index contributed by atoms with van der Waals surface area (Å²) in [4.78, 5) is 45.1. The van der Waals surface area contributed by atoms with E-state index in [9.17, 15) is 23.2 Å². The lowest BCUT2D eigenvalue weighted by molar-refractivity contribution is -0.135. The number of imide groups is 1. The van der Waals surface area contributed by atoms with Crippen LogP contribution >= 0.6 is 0 Å². The largest absolute Gasteiger partial charge is 0.342 e. The molecule has 1 atom stereocenters. The predicted octanol–water partition coefficient (Wildman–Crippen LogP) is 2.65. The van der Waals surface area contributed by atoms with Crippen LogP contribution in [0.4, 0.5) is 13.6 Å². The van der Waals surface area contributed by atoms with Crippen LogP contribution in [0.25, 0.3) is 0 Å². The summed E-state index contributed by atoms with van der Waals surface area (Å²) in [7, 11) is 0. The summed E-state index contributed by atoms with van der Waals surface area (Å²) < 4.78 is 26.8. The van der Waals surface area contributed by atoms with Crippen molar-refractivity contribution in [1.82, 2.24) is 20.1 Å². The van der Waals surface area contributed by atoms with Crippen LogP contribution in [0.3, 0.4) is 0 Å². The van der Waals surface area contributed by atoms with Crippen molar-refractivity contribution >= 4 is 17.8 Å². The summed E-state index contributed by atoms with van der Waals surface area (Å²) in [5.74, 6) is -2.06. The van der Waals surface area contributed by atoms with Crippen molar-refractivity contribution < 1.29 is 23.2 Å². The van der Waals surface area contributed by atoms with E-state index in [4.69, 9.17) is 0 Å². The highest BCUT2D eigenvalue weighted by atomic mass is 19.1. The van der Waals surface area contributed by atoms with Crippen molar-refractivity contribution in [3.63, 3.8) is 0 Å². The number of urea groups is 1. The van der Waals surface area contributed by atoms with Crippen molar-refractivity contribution in [2.45, 2.75) is 38.3 Å². The van der Waals surface area contributed by atoms with Gasteiger partial charge in [-0.15, -0.1) is 0 Å². The van der Waals surface area contributed by atoms with Gasteiger partial charge in [0, 0.05) is 31.5 Å². The zero-order chi connectivity index (χ0) is 22.9. The van der Waals surface area contributed by atoms with Gasteiger partial charge in [0.25, 0.3) is 5.91 Å². The number of aromatic nitrogens is 1. The molecule has 3 heterocycles. The fourth-order valence-electron chi connectivity index (χ4n) is 4.51. The molecule has 1 aromatic heterocycles. The van der Waals surface area contributed by atoms with Crippen molar-refractivity contribution in [3.05, 3.63) is 65.5 Å². The number of carbonyl (C=O) groups is 3. The fourth-order valence-corrected chi connectivity index (χ4v) is 4.51. The number of pyridine rings is 1. The third-order valence-electron chi connectivity index (χ3n) is 6.33. The summed E-state index contributed by atoms with van der Waals surface area (Å²) in [6, 6.07) is 6.15. The Morgan fingerprint density at radius 2 is 1.72 bits per heavy atom. The Morgan fingerprint density at radius 1 is 1.09 bits per heavy atom. The molecule has 1 N–H and O–H groups in total. The molecule has 2 aliphatic heterocycles. The quantitative estimate of drug-likeness (QED) is 0.722. The summed E-state index contributed by atoms with van der Waals surface area (Å²) in [5, 5.41) is 2.85. The Morgan fingerprint density at radius 3 is 2.34 bits per heavy atom. The Bertz CT molecular complexity index is 1020. The van der Waals surface area contributed by atoms with E-state index in [1.165, 1.54) is 4.90 Å². The molecular formula is C23H24F2N4O3. The van der Waals surface area contributed by atoms with Crippen molar-refractivity contribution in [1.29, 1.82) is 0 Å². The Hall–Kier alpha value is -3.36. The van der Waals surface area contributed by atoms with Crippen molar-refractivity contribution in [2.24, 2.45) is 5.92 Å². The number of amides is 4. The van der Waals surface area contributed by atoms with E-state index in [0.717, 1.165) is 23.8 Å². The van der Waals surface area contributed by atoms with Gasteiger partial charge in [0.05, 0.1) is 13.0 Å². The van der Waals surface area contributed by atoms with E-state index in [1.54, 1.807) is 36.4 Å². The minimum Gasteiger partial charge on any atom is -0.342 e. The van der Waals surface area contributed by atoms with E-state index in [2.05, 4.69) is 10.3 Å². The Kier molecular flexibility index (Phi) is 5.90. The maximum atomic E-state index is 13.4. The van der Waals surface area contributed by atoms with Crippen LogP contribution in [0.5, 0.6) is 0 Å². The number of rotatable bonds is 5. The second-order valence-electron chi connectivity index (χ2n) is 8.49. The summed E-state index contributed by atoms with van der Waals surface area (Å²) in [5.41, 5.74) is 0.0545. The molecule has 9 heteroatoms. The van der Waals surface area contributed by atoms with E-state index >= 15 is 0 Å². The molecule has 2 fully saturated rings.